The molecule has 146 valence electrons. The molecule has 0 spiro atoms. The summed E-state index contributed by atoms with van der Waals surface area (Å²) in [4.78, 5) is 2.41. The van der Waals surface area contributed by atoms with Crippen molar-refractivity contribution in [2.75, 3.05) is 32.8 Å². The van der Waals surface area contributed by atoms with Crippen molar-refractivity contribution >= 4 is 0 Å². The molecule has 3 rings (SSSR count). The first-order valence-corrected chi connectivity index (χ1v) is 9.73. The van der Waals surface area contributed by atoms with Gasteiger partial charge in [-0.1, -0.05) is 24.3 Å². The van der Waals surface area contributed by atoms with Gasteiger partial charge in [0.2, 0.25) is 0 Å². The van der Waals surface area contributed by atoms with E-state index in [4.69, 9.17) is 9.47 Å². The molecular weight excluding hydrogens is 345 g/mol. The molecule has 0 saturated carbocycles. The zero-order valence-electron chi connectivity index (χ0n) is 15.6. The lowest BCUT2D eigenvalue weighted by molar-refractivity contribution is 0.149. The second-order valence-corrected chi connectivity index (χ2v) is 6.90. The monoisotopic (exact) mass is 373 g/mol. The predicted molar refractivity (Wildman–Crippen MR) is 104 cm³/mol. The van der Waals surface area contributed by atoms with Crippen molar-refractivity contribution in [3.8, 4) is 11.5 Å². The number of para-hydroxylation sites is 1. The summed E-state index contributed by atoms with van der Waals surface area (Å²) in [6.45, 7) is 4.14. The molecule has 0 radical (unpaired) electrons. The quantitative estimate of drug-likeness (QED) is 0.634. The van der Waals surface area contributed by atoms with Gasteiger partial charge in [-0.3, -0.25) is 0 Å². The van der Waals surface area contributed by atoms with E-state index in [0.717, 1.165) is 37.4 Å². The van der Waals surface area contributed by atoms with Crippen molar-refractivity contribution < 1.29 is 19.0 Å². The van der Waals surface area contributed by atoms with E-state index in [1.807, 2.05) is 24.3 Å². The second kappa shape index (κ2) is 10.3. The fourth-order valence-electron chi connectivity index (χ4n) is 3.26. The van der Waals surface area contributed by atoms with Crippen molar-refractivity contribution in [3.05, 3.63) is 59.9 Å². The minimum Gasteiger partial charge on any atom is -0.493 e. The maximum Gasteiger partial charge on any atom is 0.165 e. The molecule has 0 aromatic heterocycles. The zero-order valence-corrected chi connectivity index (χ0v) is 15.6. The molecule has 0 aliphatic carbocycles. The highest BCUT2D eigenvalue weighted by Gasteiger charge is 2.14. The molecule has 5 heteroatoms. The third-order valence-corrected chi connectivity index (χ3v) is 4.83. The summed E-state index contributed by atoms with van der Waals surface area (Å²) in [5, 5.41) is 10.3. The molecule has 0 amide bonds. The van der Waals surface area contributed by atoms with Crippen LogP contribution in [0.15, 0.2) is 48.5 Å². The van der Waals surface area contributed by atoms with Gasteiger partial charge in [0.15, 0.2) is 11.6 Å². The van der Waals surface area contributed by atoms with Gasteiger partial charge in [0.05, 0.1) is 19.3 Å². The van der Waals surface area contributed by atoms with Gasteiger partial charge in [0, 0.05) is 13.0 Å². The molecule has 1 atom stereocenters. The molecule has 0 unspecified atom stereocenters. The van der Waals surface area contributed by atoms with Crippen LogP contribution in [0, 0.1) is 5.82 Å². The summed E-state index contributed by atoms with van der Waals surface area (Å²) in [5.41, 5.74) is 0.921. The lowest BCUT2D eigenvalue weighted by Crippen LogP contribution is -2.22. The van der Waals surface area contributed by atoms with Gasteiger partial charge in [-0.05, 0) is 62.2 Å². The predicted octanol–water partition coefficient (Wildman–Crippen LogP) is 4.19. The van der Waals surface area contributed by atoms with Crippen LogP contribution < -0.4 is 9.47 Å². The van der Waals surface area contributed by atoms with Gasteiger partial charge in [0.1, 0.15) is 5.75 Å². The Morgan fingerprint density at radius 1 is 0.963 bits per heavy atom. The first-order valence-electron chi connectivity index (χ1n) is 9.73. The standard InChI is InChI=1S/C22H28FNO3/c23-20-6-1-2-7-22(20)27-17-5-16-26-19-10-8-18(9-11-19)21(25)12-15-24-13-3-4-14-24/h1-2,6-11,21,25H,3-5,12-17H2/t21-/m0/s1. The van der Waals surface area contributed by atoms with E-state index < -0.39 is 6.10 Å². The summed E-state index contributed by atoms with van der Waals surface area (Å²) >= 11 is 0. The number of halogens is 1. The minimum absolute atomic E-state index is 0.268. The van der Waals surface area contributed by atoms with Gasteiger partial charge >= 0.3 is 0 Å². The zero-order chi connectivity index (χ0) is 18.9. The van der Waals surface area contributed by atoms with Crippen LogP contribution in [-0.2, 0) is 0 Å². The van der Waals surface area contributed by atoms with E-state index in [2.05, 4.69) is 4.90 Å². The van der Waals surface area contributed by atoms with Crippen molar-refractivity contribution in [2.45, 2.75) is 31.8 Å². The van der Waals surface area contributed by atoms with Crippen LogP contribution in [0.3, 0.4) is 0 Å². The molecule has 27 heavy (non-hydrogen) atoms. The van der Waals surface area contributed by atoms with Gasteiger partial charge in [0.25, 0.3) is 0 Å². The summed E-state index contributed by atoms with van der Waals surface area (Å²) in [7, 11) is 0. The van der Waals surface area contributed by atoms with Crippen molar-refractivity contribution in [1.82, 2.24) is 4.90 Å². The van der Waals surface area contributed by atoms with Gasteiger partial charge in [-0.15, -0.1) is 0 Å². The van der Waals surface area contributed by atoms with Crippen LogP contribution in [0.4, 0.5) is 4.39 Å². The topological polar surface area (TPSA) is 41.9 Å². The molecule has 1 N–H and O–H groups in total. The molecular formula is C22H28FNO3. The van der Waals surface area contributed by atoms with Crippen molar-refractivity contribution in [2.24, 2.45) is 0 Å². The number of benzene rings is 2. The van der Waals surface area contributed by atoms with Gasteiger partial charge in [-0.25, -0.2) is 4.39 Å². The van der Waals surface area contributed by atoms with Gasteiger partial charge in [-0.2, -0.15) is 0 Å². The van der Waals surface area contributed by atoms with E-state index in [-0.39, 0.29) is 11.6 Å². The van der Waals surface area contributed by atoms with E-state index >= 15 is 0 Å². The van der Waals surface area contributed by atoms with Gasteiger partial charge < -0.3 is 19.5 Å². The Balaban J connectivity index is 1.34. The maximum absolute atomic E-state index is 13.4. The van der Waals surface area contributed by atoms with Crippen LogP contribution in [-0.4, -0.2) is 42.9 Å². The fourth-order valence-corrected chi connectivity index (χ4v) is 3.26. The van der Waals surface area contributed by atoms with E-state index in [0.29, 0.717) is 19.6 Å². The highest BCUT2D eigenvalue weighted by Crippen LogP contribution is 2.22. The molecule has 4 nitrogen and oxygen atoms in total. The third kappa shape index (κ3) is 6.22. The van der Waals surface area contributed by atoms with Crippen LogP contribution in [0.25, 0.3) is 0 Å². The Morgan fingerprint density at radius 2 is 1.67 bits per heavy atom. The highest BCUT2D eigenvalue weighted by molar-refractivity contribution is 5.28. The lowest BCUT2D eigenvalue weighted by Gasteiger charge is -2.18. The first kappa shape index (κ1) is 19.6. The molecule has 0 bridgehead atoms. The normalized spacial score (nSPS) is 15.6. The van der Waals surface area contributed by atoms with Crippen LogP contribution in [0.2, 0.25) is 0 Å². The Kier molecular flexibility index (Phi) is 7.48. The number of aliphatic hydroxyl groups is 1. The minimum atomic E-state index is -0.436. The number of ether oxygens (including phenoxy) is 2. The van der Waals surface area contributed by atoms with Crippen LogP contribution in [0.1, 0.15) is 37.4 Å². The van der Waals surface area contributed by atoms with E-state index in [1.54, 1.807) is 18.2 Å². The molecule has 1 heterocycles. The Hall–Kier alpha value is -2.11. The number of hydrogen-bond acceptors (Lipinski definition) is 4. The smallest absolute Gasteiger partial charge is 0.165 e. The van der Waals surface area contributed by atoms with E-state index in [9.17, 15) is 9.50 Å². The first-order chi connectivity index (χ1) is 13.2. The number of rotatable bonds is 10. The number of likely N-dealkylation sites (tertiary alicyclic amines) is 1. The summed E-state index contributed by atoms with van der Waals surface area (Å²) < 4.78 is 24.5. The van der Waals surface area contributed by atoms with Crippen LogP contribution >= 0.6 is 0 Å². The number of hydrogen-bond donors (Lipinski definition) is 1. The molecule has 1 aliphatic heterocycles. The van der Waals surface area contributed by atoms with Crippen molar-refractivity contribution in [1.29, 1.82) is 0 Å². The summed E-state index contributed by atoms with van der Waals surface area (Å²) in [6, 6.07) is 14.0. The molecule has 1 aliphatic rings. The molecule has 2 aromatic carbocycles. The second-order valence-electron chi connectivity index (χ2n) is 6.90. The summed E-state index contributed by atoms with van der Waals surface area (Å²) in [6.07, 6.45) is 3.53. The third-order valence-electron chi connectivity index (χ3n) is 4.83. The van der Waals surface area contributed by atoms with Crippen molar-refractivity contribution in [3.63, 3.8) is 0 Å². The summed E-state index contributed by atoms with van der Waals surface area (Å²) in [5.74, 6) is 0.679. The fraction of sp³-hybridized carbons (Fsp3) is 0.455. The molecule has 1 fully saturated rings. The average molecular weight is 373 g/mol. The Bertz CT molecular complexity index is 686. The van der Waals surface area contributed by atoms with E-state index in [1.165, 1.54) is 18.9 Å². The largest absolute Gasteiger partial charge is 0.493 e. The average Bonchev–Trinajstić information content (AvgIpc) is 3.21. The Morgan fingerprint density at radius 3 is 2.41 bits per heavy atom. The SMILES string of the molecule is O[C@@H](CCN1CCCC1)c1ccc(OCCCOc2ccccc2F)cc1. The highest BCUT2D eigenvalue weighted by atomic mass is 19.1. The number of nitrogens with zero attached hydrogens (tertiary/aromatic N) is 1. The molecule has 1 saturated heterocycles. The number of aliphatic hydroxyl groups excluding tert-OH is 1. The van der Waals surface area contributed by atoms with Crippen LogP contribution in [0.5, 0.6) is 11.5 Å². The lowest BCUT2D eigenvalue weighted by atomic mass is 10.1. The maximum atomic E-state index is 13.4. The molecule has 2 aromatic rings. The Labute approximate surface area is 160 Å².